The summed E-state index contributed by atoms with van der Waals surface area (Å²) in [7, 11) is 0. The molecule has 1 aromatic rings. The molecule has 1 aliphatic carbocycles. The third kappa shape index (κ3) is 4.09. The monoisotopic (exact) mass is 373 g/mol. The molecule has 27 heavy (non-hydrogen) atoms. The van der Waals surface area contributed by atoms with Gasteiger partial charge >= 0.3 is 6.03 Å². The van der Waals surface area contributed by atoms with Gasteiger partial charge in [0.15, 0.2) is 0 Å². The molecule has 1 saturated carbocycles. The van der Waals surface area contributed by atoms with Crippen molar-refractivity contribution in [1.29, 1.82) is 0 Å². The van der Waals surface area contributed by atoms with Crippen LogP contribution in [0.3, 0.4) is 0 Å². The molecule has 0 unspecified atom stereocenters. The summed E-state index contributed by atoms with van der Waals surface area (Å²) in [6.45, 7) is 6.31. The fourth-order valence-corrected chi connectivity index (χ4v) is 3.60. The van der Waals surface area contributed by atoms with E-state index in [1.54, 1.807) is 12.4 Å². The molecule has 1 aliphatic heterocycles. The van der Waals surface area contributed by atoms with Gasteiger partial charge < -0.3 is 10.6 Å². The van der Waals surface area contributed by atoms with Crippen molar-refractivity contribution in [2.75, 3.05) is 11.9 Å². The first kappa shape index (κ1) is 19.3. The predicted octanol–water partition coefficient (Wildman–Crippen LogP) is 2.36. The van der Waals surface area contributed by atoms with E-state index in [-0.39, 0.29) is 36.2 Å². The molecule has 0 bridgehead atoms. The number of hydrogen-bond acceptors (Lipinski definition) is 5. The van der Waals surface area contributed by atoms with Gasteiger partial charge in [0.25, 0.3) is 5.91 Å². The normalized spacial score (nSPS) is 18.9. The average molecular weight is 373 g/mol. The van der Waals surface area contributed by atoms with Crippen molar-refractivity contribution in [2.45, 2.75) is 70.3 Å². The smallest absolute Gasteiger partial charge is 0.323 e. The molecular formula is C19H27N5O3. The second-order valence-electron chi connectivity index (χ2n) is 8.37. The maximum Gasteiger partial charge on any atom is 0.325 e. The number of carbonyl (C=O) groups is 3. The van der Waals surface area contributed by atoms with Gasteiger partial charge in [0.05, 0.1) is 18.1 Å². The molecule has 2 aliphatic rings. The first-order valence-electron chi connectivity index (χ1n) is 9.48. The van der Waals surface area contributed by atoms with Crippen LogP contribution in [0.2, 0.25) is 0 Å². The summed E-state index contributed by atoms with van der Waals surface area (Å²) in [4.78, 5) is 46.6. The number of nitrogens with one attached hydrogen (secondary N) is 2. The number of carbonyl (C=O) groups excluding carboxylic acids is 3. The highest BCUT2D eigenvalue weighted by molar-refractivity contribution is 6.07. The van der Waals surface area contributed by atoms with E-state index in [0.717, 1.165) is 12.8 Å². The lowest BCUT2D eigenvalue weighted by Crippen LogP contribution is -2.44. The number of aromatic nitrogens is 2. The van der Waals surface area contributed by atoms with Crippen molar-refractivity contribution >= 4 is 23.5 Å². The lowest BCUT2D eigenvalue weighted by molar-refractivity contribution is -0.131. The highest BCUT2D eigenvalue weighted by Crippen LogP contribution is 2.35. The molecule has 4 amide bonds. The zero-order valence-corrected chi connectivity index (χ0v) is 16.2. The number of hydrogen-bond donors (Lipinski definition) is 2. The molecule has 0 radical (unpaired) electrons. The summed E-state index contributed by atoms with van der Waals surface area (Å²) >= 11 is 0. The Bertz CT molecular complexity index is 733. The number of amides is 4. The van der Waals surface area contributed by atoms with Crippen LogP contribution >= 0.6 is 0 Å². The van der Waals surface area contributed by atoms with Gasteiger partial charge in [-0.15, -0.1) is 0 Å². The molecule has 8 nitrogen and oxygen atoms in total. The number of anilines is 1. The number of imide groups is 1. The van der Waals surface area contributed by atoms with Gasteiger partial charge in [-0.1, -0.05) is 33.6 Å². The number of nitrogens with zero attached hydrogens (tertiary/aromatic N) is 3. The second kappa shape index (κ2) is 7.25. The highest BCUT2D eigenvalue weighted by atomic mass is 16.2. The van der Waals surface area contributed by atoms with Crippen molar-refractivity contribution in [1.82, 2.24) is 20.2 Å². The molecule has 3 rings (SSSR count). The lowest BCUT2D eigenvalue weighted by Gasteiger charge is -2.19. The topological polar surface area (TPSA) is 104 Å². The van der Waals surface area contributed by atoms with Crippen molar-refractivity contribution in [3.63, 3.8) is 0 Å². The van der Waals surface area contributed by atoms with Crippen LogP contribution in [0.25, 0.3) is 0 Å². The van der Waals surface area contributed by atoms with Gasteiger partial charge in [0.2, 0.25) is 5.91 Å². The van der Waals surface area contributed by atoms with Crippen molar-refractivity contribution in [3.8, 4) is 0 Å². The Balaban J connectivity index is 1.47. The Morgan fingerprint density at radius 1 is 1.22 bits per heavy atom. The molecule has 2 heterocycles. The van der Waals surface area contributed by atoms with Crippen LogP contribution in [-0.2, 0) is 15.0 Å². The van der Waals surface area contributed by atoms with Gasteiger partial charge in [0.1, 0.15) is 11.4 Å². The summed E-state index contributed by atoms with van der Waals surface area (Å²) in [5.41, 5.74) is -0.305. The van der Waals surface area contributed by atoms with Gasteiger partial charge in [-0.2, -0.15) is 0 Å². The van der Waals surface area contributed by atoms with Crippen LogP contribution in [0.15, 0.2) is 12.4 Å². The summed E-state index contributed by atoms with van der Waals surface area (Å²) in [6.07, 6.45) is 7.14. The third-order valence-corrected chi connectivity index (χ3v) is 5.09. The maximum atomic E-state index is 12.5. The summed E-state index contributed by atoms with van der Waals surface area (Å²) in [5, 5.41) is 5.59. The highest BCUT2D eigenvalue weighted by Gasteiger charge is 2.52. The SMILES string of the molecule is CC(C)(C)c1ncc(NC(=O)CCCN2C(=O)NC3(CCCC3)C2=O)cn1. The predicted molar refractivity (Wildman–Crippen MR) is 100 cm³/mol. The third-order valence-electron chi connectivity index (χ3n) is 5.09. The van der Waals surface area contributed by atoms with Gasteiger partial charge in [-0.25, -0.2) is 14.8 Å². The minimum atomic E-state index is -0.689. The molecule has 0 aromatic carbocycles. The Kier molecular flexibility index (Phi) is 5.17. The summed E-state index contributed by atoms with van der Waals surface area (Å²) in [6, 6.07) is -0.339. The fraction of sp³-hybridized carbons (Fsp3) is 0.632. The second-order valence-corrected chi connectivity index (χ2v) is 8.37. The molecule has 2 fully saturated rings. The minimum Gasteiger partial charge on any atom is -0.323 e. The Hall–Kier alpha value is -2.51. The molecule has 1 aromatic heterocycles. The van der Waals surface area contributed by atoms with E-state index in [0.29, 0.717) is 30.8 Å². The molecule has 146 valence electrons. The van der Waals surface area contributed by atoms with Crippen LogP contribution in [0.5, 0.6) is 0 Å². The largest absolute Gasteiger partial charge is 0.325 e. The van der Waals surface area contributed by atoms with Crippen LogP contribution in [-0.4, -0.2) is 44.8 Å². The fourth-order valence-electron chi connectivity index (χ4n) is 3.60. The molecule has 2 N–H and O–H groups in total. The zero-order chi connectivity index (χ0) is 19.7. The van der Waals surface area contributed by atoms with E-state index < -0.39 is 5.54 Å². The van der Waals surface area contributed by atoms with E-state index in [4.69, 9.17) is 0 Å². The Morgan fingerprint density at radius 2 is 1.85 bits per heavy atom. The van der Waals surface area contributed by atoms with Crippen molar-refractivity contribution in [3.05, 3.63) is 18.2 Å². The van der Waals surface area contributed by atoms with E-state index in [1.165, 1.54) is 4.90 Å². The number of urea groups is 1. The summed E-state index contributed by atoms with van der Waals surface area (Å²) in [5.74, 6) is 0.376. The maximum absolute atomic E-state index is 12.5. The van der Waals surface area contributed by atoms with Crippen LogP contribution in [0.1, 0.15) is 65.1 Å². The first-order valence-corrected chi connectivity index (χ1v) is 9.48. The molecule has 1 spiro atoms. The molecular weight excluding hydrogens is 346 g/mol. The first-order chi connectivity index (χ1) is 12.7. The molecule has 8 heteroatoms. The van der Waals surface area contributed by atoms with E-state index in [1.807, 2.05) is 20.8 Å². The Morgan fingerprint density at radius 3 is 2.44 bits per heavy atom. The van der Waals surface area contributed by atoms with E-state index in [2.05, 4.69) is 20.6 Å². The number of rotatable bonds is 5. The zero-order valence-electron chi connectivity index (χ0n) is 16.2. The van der Waals surface area contributed by atoms with Crippen LogP contribution < -0.4 is 10.6 Å². The minimum absolute atomic E-state index is 0.142. The van der Waals surface area contributed by atoms with Crippen molar-refractivity contribution in [2.24, 2.45) is 0 Å². The summed E-state index contributed by atoms with van der Waals surface area (Å²) < 4.78 is 0. The van der Waals surface area contributed by atoms with E-state index >= 15 is 0 Å². The Labute approximate surface area is 159 Å². The standard InChI is InChI=1S/C19H27N5O3/c1-18(2,3)15-20-11-13(12-21-15)22-14(25)7-6-10-24-16(26)19(23-17(24)27)8-4-5-9-19/h11-12H,4-10H2,1-3H3,(H,22,25)(H,23,27). The van der Waals surface area contributed by atoms with Gasteiger partial charge in [0, 0.05) is 18.4 Å². The molecule has 1 saturated heterocycles. The van der Waals surface area contributed by atoms with Gasteiger partial charge in [-0.05, 0) is 19.3 Å². The van der Waals surface area contributed by atoms with Crippen LogP contribution in [0, 0.1) is 0 Å². The van der Waals surface area contributed by atoms with Crippen LogP contribution in [0.4, 0.5) is 10.5 Å². The van der Waals surface area contributed by atoms with Gasteiger partial charge in [-0.3, -0.25) is 14.5 Å². The average Bonchev–Trinajstić information content (AvgIpc) is 3.15. The quantitative estimate of drug-likeness (QED) is 0.771. The van der Waals surface area contributed by atoms with E-state index in [9.17, 15) is 14.4 Å². The molecule has 0 atom stereocenters. The lowest BCUT2D eigenvalue weighted by atomic mass is 9.96. The van der Waals surface area contributed by atoms with Crippen molar-refractivity contribution < 1.29 is 14.4 Å².